The number of aromatic nitrogens is 1. The van der Waals surface area contributed by atoms with E-state index in [0.29, 0.717) is 34.0 Å². The number of methoxy groups -OCH3 is 1. The summed E-state index contributed by atoms with van der Waals surface area (Å²) in [6.45, 7) is 0.105. The molecule has 3 fully saturated rings. The lowest BCUT2D eigenvalue weighted by molar-refractivity contribution is -0.142. The Labute approximate surface area is 320 Å². The number of pyridine rings is 1. The first-order valence-electron chi connectivity index (χ1n) is 16.8. The smallest absolute Gasteiger partial charge is 0.417 e. The van der Waals surface area contributed by atoms with Gasteiger partial charge in [0.25, 0.3) is 11.8 Å². The number of likely N-dealkylation sites (tertiary alicyclic amines) is 1. The minimum atomic E-state index is -4.75. The fraction of sp³-hybridized carbons (Fsp3) is 0.289. The third kappa shape index (κ3) is 5.48. The topological polar surface area (TPSA) is 129 Å². The van der Waals surface area contributed by atoms with Crippen molar-refractivity contribution in [1.29, 1.82) is 0 Å². The van der Waals surface area contributed by atoms with E-state index in [-0.39, 0.29) is 48.5 Å². The summed E-state index contributed by atoms with van der Waals surface area (Å²) in [5.41, 5.74) is 1.18. The number of hydrogen-bond donors (Lipinski definition) is 2. The Morgan fingerprint density at radius 3 is 2.44 bits per heavy atom. The number of imide groups is 2. The van der Waals surface area contributed by atoms with Crippen LogP contribution in [0.25, 0.3) is 0 Å². The van der Waals surface area contributed by atoms with Crippen LogP contribution >= 0.6 is 34.5 Å². The molecule has 54 heavy (non-hydrogen) atoms. The van der Waals surface area contributed by atoms with Crippen LogP contribution in [0.1, 0.15) is 40.3 Å². The van der Waals surface area contributed by atoms with Crippen LogP contribution in [-0.4, -0.2) is 50.7 Å². The Bertz CT molecular complexity index is 2250. The Kier molecular flexibility index (Phi) is 8.77. The van der Waals surface area contributed by atoms with Crippen LogP contribution < -0.4 is 10.2 Å². The molecular weight excluding hydrogens is 768 g/mol. The largest absolute Gasteiger partial charge is 0.508 e. The van der Waals surface area contributed by atoms with Gasteiger partial charge in [-0.2, -0.15) is 18.2 Å². The molecule has 6 unspecified atom stereocenters. The van der Waals surface area contributed by atoms with E-state index in [1.165, 1.54) is 35.5 Å². The monoisotopic (exact) mass is 796 g/mol. The molecule has 2 aromatic heterocycles. The van der Waals surface area contributed by atoms with Gasteiger partial charge in [0.05, 0.1) is 47.4 Å². The number of hydrogen-bond acceptors (Lipinski definition) is 9. The van der Waals surface area contributed by atoms with Crippen molar-refractivity contribution in [2.45, 2.75) is 36.9 Å². The zero-order chi connectivity index (χ0) is 38.3. The average Bonchev–Trinajstić information content (AvgIpc) is 3.80. The molecule has 278 valence electrons. The number of halogens is 5. The highest BCUT2D eigenvalue weighted by molar-refractivity contribution is 7.09. The standard InChI is InChI=1S/C38H29Cl2F3N4O6S/c1-53-29-14-21(48)8-9-24(29)31-23-10-11-25-30(35(51)46(33(25)49)17-22-3-2-12-54-22)26(23)15-27-34(50)47(36(52)37(27,31)18-4-6-20(39)7-5-18)45-32-28(40)13-19(16-44-32)38(41,42)43/h2-10,12-14,16,25-27,30-31,48H,11,15,17H2,1H3,(H,44,45). The van der Waals surface area contributed by atoms with E-state index >= 15 is 4.79 Å². The molecule has 0 bridgehead atoms. The first kappa shape index (κ1) is 36.1. The minimum absolute atomic E-state index is 0.0324. The van der Waals surface area contributed by atoms with Gasteiger partial charge in [-0.25, -0.2) is 4.98 Å². The number of aromatic hydroxyl groups is 1. The quantitative estimate of drug-likeness (QED) is 0.147. The van der Waals surface area contributed by atoms with Crippen LogP contribution in [-0.2, 0) is 37.3 Å². The zero-order valence-corrected chi connectivity index (χ0v) is 30.5. The number of carbonyl (C=O) groups is 4. The summed E-state index contributed by atoms with van der Waals surface area (Å²) < 4.78 is 46.2. The molecule has 4 heterocycles. The Hall–Kier alpha value is -4.92. The number of alkyl halides is 3. The summed E-state index contributed by atoms with van der Waals surface area (Å²) in [4.78, 5) is 64.3. The van der Waals surface area contributed by atoms with Crippen molar-refractivity contribution in [3.63, 3.8) is 0 Å². The number of amides is 4. The Balaban J connectivity index is 1.31. The highest BCUT2D eigenvalue weighted by Crippen LogP contribution is 2.65. The van der Waals surface area contributed by atoms with Crippen LogP contribution in [0.15, 0.2) is 83.9 Å². The van der Waals surface area contributed by atoms with Crippen LogP contribution in [0, 0.1) is 23.7 Å². The lowest BCUT2D eigenvalue weighted by Gasteiger charge is -2.50. The SMILES string of the molecule is COc1cc(O)ccc1C1C2=CCC3C(=O)N(Cc4cccs4)C(=O)C3C2CC2C(=O)N(Nc3ncc(C(F)(F)F)cc3Cl)C(=O)C21c1ccc(Cl)cc1. The first-order valence-corrected chi connectivity index (χ1v) is 18.5. The molecule has 8 rings (SSSR count). The van der Waals surface area contributed by atoms with E-state index in [9.17, 15) is 32.7 Å². The molecule has 0 spiro atoms. The number of fused-ring (bicyclic) bond motifs is 4. The lowest BCUT2D eigenvalue weighted by Crippen LogP contribution is -2.53. The third-order valence-corrected chi connectivity index (χ3v) is 12.5. The first-order chi connectivity index (χ1) is 25.7. The van der Waals surface area contributed by atoms with Gasteiger partial charge in [-0.05, 0) is 60.0 Å². The normalized spacial score (nSPS) is 26.4. The van der Waals surface area contributed by atoms with Gasteiger partial charge in [0.15, 0.2) is 5.82 Å². The summed E-state index contributed by atoms with van der Waals surface area (Å²) in [5, 5.41) is 12.9. The second-order valence-electron chi connectivity index (χ2n) is 13.7. The molecule has 2 saturated heterocycles. The van der Waals surface area contributed by atoms with E-state index in [1.807, 2.05) is 23.6 Å². The molecule has 2 aliphatic carbocycles. The van der Waals surface area contributed by atoms with Crippen molar-refractivity contribution < 1.29 is 42.2 Å². The fourth-order valence-corrected chi connectivity index (χ4v) is 9.87. The summed E-state index contributed by atoms with van der Waals surface area (Å²) in [6.07, 6.45) is -2.18. The number of thiophene rings is 1. The number of carbonyl (C=O) groups excluding carboxylic acids is 4. The van der Waals surface area contributed by atoms with Crippen LogP contribution in [0.5, 0.6) is 11.5 Å². The van der Waals surface area contributed by atoms with Gasteiger partial charge in [0.2, 0.25) is 11.8 Å². The summed E-state index contributed by atoms with van der Waals surface area (Å²) in [7, 11) is 1.39. The number of allylic oxidation sites excluding steroid dienone is 2. The number of phenols is 1. The molecule has 10 nitrogen and oxygen atoms in total. The molecule has 4 amide bonds. The van der Waals surface area contributed by atoms with Gasteiger partial charge >= 0.3 is 6.18 Å². The van der Waals surface area contributed by atoms with Gasteiger partial charge in [-0.1, -0.05) is 59.1 Å². The Morgan fingerprint density at radius 1 is 1.02 bits per heavy atom. The van der Waals surface area contributed by atoms with Crippen LogP contribution in [0.3, 0.4) is 0 Å². The molecule has 2 aromatic carbocycles. The molecule has 16 heteroatoms. The van der Waals surface area contributed by atoms with Gasteiger partial charge in [0, 0.05) is 33.6 Å². The summed E-state index contributed by atoms with van der Waals surface area (Å²) in [5.74, 6) is -6.94. The second-order valence-corrected chi connectivity index (χ2v) is 15.6. The lowest BCUT2D eigenvalue weighted by atomic mass is 9.49. The predicted molar refractivity (Wildman–Crippen MR) is 191 cm³/mol. The van der Waals surface area contributed by atoms with Gasteiger partial charge < -0.3 is 9.84 Å². The van der Waals surface area contributed by atoms with Crippen molar-refractivity contribution in [3.05, 3.63) is 116 Å². The maximum atomic E-state index is 15.3. The number of nitrogens with zero attached hydrogens (tertiary/aromatic N) is 3. The second kappa shape index (κ2) is 13.1. The maximum absolute atomic E-state index is 15.3. The van der Waals surface area contributed by atoms with E-state index in [0.717, 1.165) is 9.89 Å². The number of anilines is 1. The van der Waals surface area contributed by atoms with Crippen molar-refractivity contribution in [2.24, 2.45) is 23.7 Å². The number of hydrazine groups is 1. The summed E-state index contributed by atoms with van der Waals surface area (Å²) >= 11 is 14.0. The van der Waals surface area contributed by atoms with Crippen LogP contribution in [0.4, 0.5) is 19.0 Å². The molecule has 2 aliphatic heterocycles. The molecule has 4 aliphatic rings. The molecule has 4 aromatic rings. The molecule has 6 atom stereocenters. The number of benzene rings is 2. The fourth-order valence-electron chi connectivity index (χ4n) is 8.85. The van der Waals surface area contributed by atoms with E-state index < -0.39 is 63.6 Å². The summed E-state index contributed by atoms with van der Waals surface area (Å²) in [6, 6.07) is 15.1. The highest BCUT2D eigenvalue weighted by Gasteiger charge is 2.70. The van der Waals surface area contributed by atoms with Gasteiger partial charge in [-0.3, -0.25) is 29.5 Å². The predicted octanol–water partition coefficient (Wildman–Crippen LogP) is 7.37. The maximum Gasteiger partial charge on any atom is 0.417 e. The van der Waals surface area contributed by atoms with E-state index in [4.69, 9.17) is 27.9 Å². The zero-order valence-electron chi connectivity index (χ0n) is 28.1. The van der Waals surface area contributed by atoms with Crippen molar-refractivity contribution >= 4 is 64.0 Å². The number of rotatable bonds is 7. The van der Waals surface area contributed by atoms with Crippen molar-refractivity contribution in [3.8, 4) is 11.5 Å². The molecule has 2 N–H and O–H groups in total. The highest BCUT2D eigenvalue weighted by atomic mass is 35.5. The van der Waals surface area contributed by atoms with Crippen molar-refractivity contribution in [2.75, 3.05) is 12.5 Å². The molecule has 1 saturated carbocycles. The number of phenolic OH excluding ortho intramolecular Hbond substituents is 1. The van der Waals surface area contributed by atoms with Gasteiger partial charge in [0.1, 0.15) is 11.5 Å². The van der Waals surface area contributed by atoms with Crippen LogP contribution in [0.2, 0.25) is 10.0 Å². The number of nitrogens with one attached hydrogen (secondary N) is 1. The minimum Gasteiger partial charge on any atom is -0.508 e. The van der Waals surface area contributed by atoms with Gasteiger partial charge in [-0.15, -0.1) is 11.3 Å². The molecule has 0 radical (unpaired) electrons. The van der Waals surface area contributed by atoms with E-state index in [2.05, 4.69) is 10.4 Å². The number of ether oxygens (including phenoxy) is 1. The van der Waals surface area contributed by atoms with E-state index in [1.54, 1.807) is 30.3 Å². The average molecular weight is 798 g/mol. The molecular formula is C38H29Cl2F3N4O6S. The van der Waals surface area contributed by atoms with Crippen molar-refractivity contribution in [1.82, 2.24) is 14.9 Å². The third-order valence-electron chi connectivity index (χ3n) is 11.1. The Morgan fingerprint density at radius 2 is 1.78 bits per heavy atom.